The fraction of sp³-hybridized carbons (Fsp3) is 0.125. The van der Waals surface area contributed by atoms with Crippen LogP contribution in [0.25, 0.3) is 11.0 Å². The van der Waals surface area contributed by atoms with Crippen molar-refractivity contribution in [3.05, 3.63) is 71.1 Å². The molecule has 0 amide bonds. The van der Waals surface area contributed by atoms with Crippen LogP contribution in [0.4, 0.5) is 8.78 Å². The molecule has 0 aliphatic rings. The molecule has 3 aromatic rings. The molecule has 21 heavy (non-hydrogen) atoms. The van der Waals surface area contributed by atoms with E-state index in [4.69, 9.17) is 5.73 Å². The Labute approximate surface area is 120 Å². The van der Waals surface area contributed by atoms with E-state index >= 15 is 0 Å². The molecule has 1 unspecified atom stereocenters. The number of rotatable bonds is 2. The van der Waals surface area contributed by atoms with Gasteiger partial charge in [0.25, 0.3) is 0 Å². The molecule has 2 aromatic carbocycles. The molecule has 0 aliphatic carbocycles. The van der Waals surface area contributed by atoms with Gasteiger partial charge in [0.1, 0.15) is 0 Å². The number of benzene rings is 2. The Morgan fingerprint density at radius 3 is 2.48 bits per heavy atom. The van der Waals surface area contributed by atoms with E-state index in [0.717, 1.165) is 5.52 Å². The summed E-state index contributed by atoms with van der Waals surface area (Å²) in [7, 11) is 0. The van der Waals surface area contributed by atoms with Crippen molar-refractivity contribution in [2.45, 2.75) is 13.0 Å². The van der Waals surface area contributed by atoms with Crippen LogP contribution in [0.1, 0.15) is 22.9 Å². The van der Waals surface area contributed by atoms with Crippen LogP contribution in [0.15, 0.2) is 42.6 Å². The van der Waals surface area contributed by atoms with E-state index in [9.17, 15) is 8.78 Å². The zero-order valence-corrected chi connectivity index (χ0v) is 11.3. The monoisotopic (exact) mass is 285 g/mol. The molecule has 3 nitrogen and oxygen atoms in total. The minimum absolute atomic E-state index is 0.0719. The van der Waals surface area contributed by atoms with Crippen molar-refractivity contribution in [2.75, 3.05) is 0 Å². The molecule has 0 saturated heterocycles. The predicted octanol–water partition coefficient (Wildman–Crippen LogP) is 3.26. The summed E-state index contributed by atoms with van der Waals surface area (Å²) in [6.07, 6.45) is 1.49. The lowest BCUT2D eigenvalue weighted by Gasteiger charge is -2.14. The van der Waals surface area contributed by atoms with E-state index in [-0.39, 0.29) is 11.1 Å². The second kappa shape index (κ2) is 5.18. The highest BCUT2D eigenvalue weighted by Gasteiger charge is 2.19. The summed E-state index contributed by atoms with van der Waals surface area (Å²) in [6.45, 7) is 1.50. The van der Waals surface area contributed by atoms with Crippen LogP contribution in [0, 0.1) is 18.6 Å². The second-order valence-electron chi connectivity index (χ2n) is 4.86. The van der Waals surface area contributed by atoms with Crippen molar-refractivity contribution >= 4 is 11.0 Å². The van der Waals surface area contributed by atoms with Crippen LogP contribution in [0.5, 0.6) is 0 Å². The largest absolute Gasteiger partial charge is 0.319 e. The third kappa shape index (κ3) is 2.36. The maximum Gasteiger partial charge on any atom is 0.164 e. The minimum atomic E-state index is -0.933. The first-order valence-corrected chi connectivity index (χ1v) is 6.49. The first-order chi connectivity index (χ1) is 10.1. The molecule has 106 valence electrons. The number of hydrogen-bond donors (Lipinski definition) is 1. The Bertz CT molecular complexity index is 818. The zero-order valence-electron chi connectivity index (χ0n) is 11.3. The molecule has 2 N–H and O–H groups in total. The zero-order chi connectivity index (χ0) is 15.0. The van der Waals surface area contributed by atoms with Gasteiger partial charge in [-0.2, -0.15) is 0 Å². The Morgan fingerprint density at radius 2 is 1.71 bits per heavy atom. The predicted molar refractivity (Wildman–Crippen MR) is 76.7 cm³/mol. The maximum absolute atomic E-state index is 14.0. The molecular formula is C16H13F2N3. The van der Waals surface area contributed by atoms with Crippen LogP contribution >= 0.6 is 0 Å². The Hall–Kier alpha value is -2.40. The average Bonchev–Trinajstić information content (AvgIpc) is 2.52. The second-order valence-corrected chi connectivity index (χ2v) is 4.86. The lowest BCUT2D eigenvalue weighted by molar-refractivity contribution is 0.488. The molecule has 0 bridgehead atoms. The molecule has 0 radical (unpaired) electrons. The van der Waals surface area contributed by atoms with Gasteiger partial charge in [-0.05, 0) is 24.6 Å². The number of fused-ring (bicyclic) bond motifs is 1. The van der Waals surface area contributed by atoms with Gasteiger partial charge in [-0.25, -0.2) is 13.8 Å². The number of hydrogen-bond acceptors (Lipinski definition) is 3. The number of aryl methyl sites for hydroxylation is 1. The summed E-state index contributed by atoms with van der Waals surface area (Å²) in [5.41, 5.74) is 8.12. The highest BCUT2D eigenvalue weighted by Crippen LogP contribution is 2.24. The number of nitrogens with zero attached hydrogens (tertiary/aromatic N) is 2. The van der Waals surface area contributed by atoms with Crippen molar-refractivity contribution in [3.8, 4) is 0 Å². The summed E-state index contributed by atoms with van der Waals surface area (Å²) in [4.78, 5) is 8.61. The molecule has 0 aliphatic heterocycles. The van der Waals surface area contributed by atoms with Gasteiger partial charge in [0.2, 0.25) is 0 Å². The summed E-state index contributed by atoms with van der Waals surface area (Å²) in [5.74, 6) is -1.81. The summed E-state index contributed by atoms with van der Waals surface area (Å²) < 4.78 is 27.7. The van der Waals surface area contributed by atoms with Crippen LogP contribution < -0.4 is 5.73 Å². The van der Waals surface area contributed by atoms with Gasteiger partial charge in [0, 0.05) is 5.56 Å². The SMILES string of the molecule is Cc1ccc(C(N)c2cnc3ccccc3n2)c(F)c1F. The number of para-hydroxylation sites is 2. The molecule has 3 rings (SSSR count). The third-order valence-corrected chi connectivity index (χ3v) is 3.43. The molecule has 0 spiro atoms. The van der Waals surface area contributed by atoms with Gasteiger partial charge >= 0.3 is 0 Å². The summed E-state index contributed by atoms with van der Waals surface area (Å²) in [6, 6.07) is 9.42. The highest BCUT2D eigenvalue weighted by atomic mass is 19.2. The number of nitrogens with two attached hydrogens (primary N) is 1. The topological polar surface area (TPSA) is 51.8 Å². The number of halogens is 2. The Balaban J connectivity index is 2.08. The quantitative estimate of drug-likeness (QED) is 0.786. The van der Waals surface area contributed by atoms with E-state index in [1.165, 1.54) is 25.3 Å². The molecular weight excluding hydrogens is 272 g/mol. The molecule has 1 heterocycles. The molecule has 0 fully saturated rings. The first-order valence-electron chi connectivity index (χ1n) is 6.49. The first kappa shape index (κ1) is 13.6. The van der Waals surface area contributed by atoms with E-state index in [1.807, 2.05) is 18.2 Å². The van der Waals surface area contributed by atoms with Crippen molar-refractivity contribution in [2.24, 2.45) is 5.73 Å². The van der Waals surface area contributed by atoms with Crippen molar-refractivity contribution in [1.82, 2.24) is 9.97 Å². The molecule has 5 heteroatoms. The van der Waals surface area contributed by atoms with Crippen LogP contribution in [-0.2, 0) is 0 Å². The van der Waals surface area contributed by atoms with Gasteiger partial charge in [0.15, 0.2) is 11.6 Å². The molecule has 0 saturated carbocycles. The number of aromatic nitrogens is 2. The summed E-state index contributed by atoms with van der Waals surface area (Å²) in [5, 5.41) is 0. The maximum atomic E-state index is 14.0. The van der Waals surface area contributed by atoms with Gasteiger partial charge in [-0.1, -0.05) is 24.3 Å². The van der Waals surface area contributed by atoms with E-state index in [0.29, 0.717) is 11.2 Å². The fourth-order valence-corrected chi connectivity index (χ4v) is 2.18. The van der Waals surface area contributed by atoms with Crippen molar-refractivity contribution in [1.29, 1.82) is 0 Å². The smallest absolute Gasteiger partial charge is 0.164 e. The van der Waals surface area contributed by atoms with Crippen LogP contribution in [0.2, 0.25) is 0 Å². The molecule has 1 atom stereocenters. The summed E-state index contributed by atoms with van der Waals surface area (Å²) >= 11 is 0. The minimum Gasteiger partial charge on any atom is -0.319 e. The molecule has 1 aromatic heterocycles. The van der Waals surface area contributed by atoms with E-state index in [1.54, 1.807) is 6.07 Å². The standard InChI is InChI=1S/C16H13F2N3/c1-9-6-7-10(15(18)14(9)17)16(19)13-8-20-11-4-2-3-5-12(11)21-13/h2-8,16H,19H2,1H3. The van der Waals surface area contributed by atoms with E-state index < -0.39 is 17.7 Å². The van der Waals surface area contributed by atoms with Crippen molar-refractivity contribution < 1.29 is 8.78 Å². The van der Waals surface area contributed by atoms with Gasteiger partial charge < -0.3 is 5.73 Å². The third-order valence-electron chi connectivity index (χ3n) is 3.43. The highest BCUT2D eigenvalue weighted by molar-refractivity contribution is 5.73. The fourth-order valence-electron chi connectivity index (χ4n) is 2.18. The average molecular weight is 285 g/mol. The van der Waals surface area contributed by atoms with Crippen molar-refractivity contribution in [3.63, 3.8) is 0 Å². The van der Waals surface area contributed by atoms with Crippen LogP contribution in [-0.4, -0.2) is 9.97 Å². The Morgan fingerprint density at radius 1 is 1.00 bits per heavy atom. The van der Waals surface area contributed by atoms with Gasteiger partial charge in [0.05, 0.1) is 29.0 Å². The normalized spacial score (nSPS) is 12.6. The lowest BCUT2D eigenvalue weighted by atomic mass is 10.0. The van der Waals surface area contributed by atoms with Gasteiger partial charge in [-0.15, -0.1) is 0 Å². The Kier molecular flexibility index (Phi) is 3.35. The van der Waals surface area contributed by atoms with E-state index in [2.05, 4.69) is 9.97 Å². The van der Waals surface area contributed by atoms with Crippen LogP contribution in [0.3, 0.4) is 0 Å². The lowest BCUT2D eigenvalue weighted by Crippen LogP contribution is -2.16. The van der Waals surface area contributed by atoms with Gasteiger partial charge in [-0.3, -0.25) is 4.98 Å².